The summed E-state index contributed by atoms with van der Waals surface area (Å²) >= 11 is 1.62. The van der Waals surface area contributed by atoms with Gasteiger partial charge in [-0.15, -0.1) is 13.2 Å². The highest BCUT2D eigenvalue weighted by Gasteiger charge is 2.00. The summed E-state index contributed by atoms with van der Waals surface area (Å²) in [7, 11) is 0. The van der Waals surface area contributed by atoms with E-state index in [9.17, 15) is 0 Å². The molecule has 0 radical (unpaired) electrons. The van der Waals surface area contributed by atoms with Crippen molar-refractivity contribution in [2.75, 3.05) is 5.75 Å². The van der Waals surface area contributed by atoms with Gasteiger partial charge in [0.1, 0.15) is 6.33 Å². The van der Waals surface area contributed by atoms with Crippen molar-refractivity contribution in [2.24, 2.45) is 0 Å². The minimum atomic E-state index is 0.708. The van der Waals surface area contributed by atoms with Crippen molar-refractivity contribution < 1.29 is 0 Å². The molecule has 0 unspecified atom stereocenters. The predicted octanol–water partition coefficient (Wildman–Crippen LogP) is 1.74. The van der Waals surface area contributed by atoms with E-state index in [-0.39, 0.29) is 0 Å². The van der Waals surface area contributed by atoms with Crippen LogP contribution in [0.3, 0.4) is 0 Å². The Morgan fingerprint density at radius 1 is 1.50 bits per heavy atom. The number of hydrogen-bond acceptors (Lipinski definition) is 3. The third-order valence-electron chi connectivity index (χ3n) is 1.21. The Balaban J connectivity index is 2.62. The Bertz CT molecular complexity index is 267. The van der Waals surface area contributed by atoms with Gasteiger partial charge in [0.05, 0.1) is 6.54 Å². The molecule has 0 saturated carbocycles. The van der Waals surface area contributed by atoms with Crippen molar-refractivity contribution in [1.82, 2.24) is 14.8 Å². The maximum atomic E-state index is 4.09. The van der Waals surface area contributed by atoms with E-state index in [1.54, 1.807) is 28.8 Å². The third kappa shape index (κ3) is 2.23. The number of aromatic nitrogens is 3. The van der Waals surface area contributed by atoms with Gasteiger partial charge in [-0.05, 0) is 0 Å². The fourth-order valence-corrected chi connectivity index (χ4v) is 1.41. The van der Waals surface area contributed by atoms with Gasteiger partial charge in [-0.1, -0.05) is 23.9 Å². The van der Waals surface area contributed by atoms with Gasteiger partial charge >= 0.3 is 0 Å². The molecule has 1 heterocycles. The van der Waals surface area contributed by atoms with Crippen LogP contribution in [0.4, 0.5) is 0 Å². The van der Waals surface area contributed by atoms with Gasteiger partial charge in [0, 0.05) is 5.75 Å². The molecule has 4 heteroatoms. The molecule has 1 aromatic heterocycles. The van der Waals surface area contributed by atoms with Crippen LogP contribution in [0.2, 0.25) is 0 Å². The van der Waals surface area contributed by atoms with Crippen molar-refractivity contribution in [3.05, 3.63) is 31.6 Å². The lowest BCUT2D eigenvalue weighted by Gasteiger charge is -1.99. The summed E-state index contributed by atoms with van der Waals surface area (Å²) in [4.78, 5) is 4.09. The van der Waals surface area contributed by atoms with Gasteiger partial charge in [0.25, 0.3) is 0 Å². The Morgan fingerprint density at radius 2 is 2.33 bits per heavy atom. The number of thioether (sulfide) groups is 1. The van der Waals surface area contributed by atoms with E-state index in [4.69, 9.17) is 0 Å². The fourth-order valence-electron chi connectivity index (χ4n) is 0.746. The highest BCUT2D eigenvalue weighted by Crippen LogP contribution is 2.13. The first kappa shape index (κ1) is 9.06. The lowest BCUT2D eigenvalue weighted by molar-refractivity contribution is 0.631. The molecule has 12 heavy (non-hydrogen) atoms. The normalized spacial score (nSPS) is 9.67. The third-order valence-corrected chi connectivity index (χ3v) is 2.19. The molecular weight excluding hydrogens is 170 g/mol. The van der Waals surface area contributed by atoms with E-state index in [1.807, 2.05) is 6.08 Å². The first-order valence-corrected chi connectivity index (χ1v) is 4.59. The molecule has 0 spiro atoms. The van der Waals surface area contributed by atoms with Crippen LogP contribution in [0.25, 0.3) is 0 Å². The molecule has 64 valence electrons. The lowest BCUT2D eigenvalue weighted by Crippen LogP contribution is -1.99. The Kier molecular flexibility index (Phi) is 3.60. The van der Waals surface area contributed by atoms with Gasteiger partial charge in [-0.25, -0.2) is 9.67 Å². The van der Waals surface area contributed by atoms with Crippen molar-refractivity contribution in [1.29, 1.82) is 0 Å². The molecule has 0 amide bonds. The molecule has 0 atom stereocenters. The second-order valence-electron chi connectivity index (χ2n) is 2.11. The molecule has 0 fully saturated rings. The second kappa shape index (κ2) is 4.77. The van der Waals surface area contributed by atoms with Crippen LogP contribution in [-0.2, 0) is 6.54 Å². The van der Waals surface area contributed by atoms with Crippen LogP contribution in [0, 0.1) is 0 Å². The quantitative estimate of drug-likeness (QED) is 0.512. The highest BCUT2D eigenvalue weighted by atomic mass is 32.2. The first-order chi connectivity index (χ1) is 5.88. The van der Waals surface area contributed by atoms with Crippen LogP contribution in [0.5, 0.6) is 0 Å². The molecule has 0 aliphatic rings. The topological polar surface area (TPSA) is 30.7 Å². The summed E-state index contributed by atoms with van der Waals surface area (Å²) in [6.45, 7) is 7.98. The zero-order valence-corrected chi connectivity index (χ0v) is 7.63. The van der Waals surface area contributed by atoms with E-state index in [0.29, 0.717) is 6.54 Å². The molecule has 3 nitrogen and oxygen atoms in total. The van der Waals surface area contributed by atoms with Crippen LogP contribution >= 0.6 is 11.8 Å². The number of hydrogen-bond donors (Lipinski definition) is 0. The standard InChI is InChI=1S/C8H11N3S/c1-3-5-11-8(9-7-10-11)12-6-4-2/h3-4,7H,1-2,5-6H2. The van der Waals surface area contributed by atoms with Crippen LogP contribution in [0.1, 0.15) is 0 Å². The molecule has 1 rings (SSSR count). The van der Waals surface area contributed by atoms with Gasteiger partial charge < -0.3 is 0 Å². The average molecular weight is 181 g/mol. The van der Waals surface area contributed by atoms with Crippen LogP contribution < -0.4 is 0 Å². The number of allylic oxidation sites excluding steroid dienone is 1. The number of nitrogens with zero attached hydrogens (tertiary/aromatic N) is 3. The first-order valence-electron chi connectivity index (χ1n) is 3.61. The van der Waals surface area contributed by atoms with E-state index >= 15 is 0 Å². The molecule has 1 aromatic rings. The molecule has 0 N–H and O–H groups in total. The Labute approximate surface area is 76.2 Å². The summed E-state index contributed by atoms with van der Waals surface area (Å²) in [5, 5.41) is 4.95. The van der Waals surface area contributed by atoms with Crippen LogP contribution in [0.15, 0.2) is 36.8 Å². The van der Waals surface area contributed by atoms with Crippen molar-refractivity contribution in [3.63, 3.8) is 0 Å². The maximum absolute atomic E-state index is 4.09. The number of rotatable bonds is 5. The van der Waals surface area contributed by atoms with Crippen molar-refractivity contribution in [3.8, 4) is 0 Å². The summed E-state index contributed by atoms with van der Waals surface area (Å²) in [6, 6.07) is 0. The van der Waals surface area contributed by atoms with Crippen molar-refractivity contribution >= 4 is 11.8 Å². The smallest absolute Gasteiger partial charge is 0.186 e. The summed E-state index contributed by atoms with van der Waals surface area (Å²) in [5.74, 6) is 0.857. The Morgan fingerprint density at radius 3 is 3.00 bits per heavy atom. The Hall–Kier alpha value is -1.03. The molecule has 0 bridgehead atoms. The van der Waals surface area contributed by atoms with E-state index in [0.717, 1.165) is 10.9 Å². The summed E-state index contributed by atoms with van der Waals surface area (Å²) < 4.78 is 1.81. The molecule has 0 aromatic carbocycles. The van der Waals surface area contributed by atoms with E-state index in [2.05, 4.69) is 23.2 Å². The summed E-state index contributed by atoms with van der Waals surface area (Å²) in [5.41, 5.74) is 0. The van der Waals surface area contributed by atoms with E-state index < -0.39 is 0 Å². The zero-order valence-electron chi connectivity index (χ0n) is 6.81. The average Bonchev–Trinajstić information content (AvgIpc) is 2.50. The molecule has 0 saturated heterocycles. The zero-order chi connectivity index (χ0) is 8.81. The largest absolute Gasteiger partial charge is 0.237 e. The van der Waals surface area contributed by atoms with E-state index in [1.165, 1.54) is 0 Å². The molecule has 0 aliphatic heterocycles. The summed E-state index contributed by atoms with van der Waals surface area (Å²) in [6.07, 6.45) is 5.19. The van der Waals surface area contributed by atoms with Crippen molar-refractivity contribution in [2.45, 2.75) is 11.7 Å². The van der Waals surface area contributed by atoms with Gasteiger partial charge in [0.15, 0.2) is 5.16 Å². The minimum Gasteiger partial charge on any atom is -0.237 e. The fraction of sp³-hybridized carbons (Fsp3) is 0.250. The lowest BCUT2D eigenvalue weighted by atomic mass is 10.6. The second-order valence-corrected chi connectivity index (χ2v) is 3.10. The SMILES string of the molecule is C=CCSc1ncnn1CC=C. The minimum absolute atomic E-state index is 0.708. The van der Waals surface area contributed by atoms with Gasteiger partial charge in [0.2, 0.25) is 0 Å². The highest BCUT2D eigenvalue weighted by molar-refractivity contribution is 7.99. The van der Waals surface area contributed by atoms with Gasteiger partial charge in [-0.3, -0.25) is 0 Å². The maximum Gasteiger partial charge on any atom is 0.186 e. The predicted molar refractivity (Wildman–Crippen MR) is 51.1 cm³/mol. The molecule has 0 aliphatic carbocycles. The van der Waals surface area contributed by atoms with Gasteiger partial charge in [-0.2, -0.15) is 5.10 Å². The van der Waals surface area contributed by atoms with Crippen LogP contribution in [-0.4, -0.2) is 20.5 Å². The monoisotopic (exact) mass is 181 g/mol. The molecular formula is C8H11N3S.